The fourth-order valence-electron chi connectivity index (χ4n) is 2.64. The summed E-state index contributed by atoms with van der Waals surface area (Å²) >= 11 is 0. The van der Waals surface area contributed by atoms with E-state index in [0.717, 1.165) is 37.8 Å². The van der Waals surface area contributed by atoms with Gasteiger partial charge in [0.1, 0.15) is 12.8 Å². The fourth-order valence-corrected chi connectivity index (χ4v) is 2.64. The second-order valence-electron chi connectivity index (χ2n) is 6.03. The van der Waals surface area contributed by atoms with Gasteiger partial charge in [-0.05, 0) is 37.3 Å². The average Bonchev–Trinajstić information content (AvgIpc) is 3.06. The van der Waals surface area contributed by atoms with Gasteiger partial charge in [-0.1, -0.05) is 19.8 Å². The first-order valence-electron chi connectivity index (χ1n) is 8.28. The summed E-state index contributed by atoms with van der Waals surface area (Å²) in [5.41, 5.74) is 0. The van der Waals surface area contributed by atoms with Crippen LogP contribution in [0.25, 0.3) is 0 Å². The molecule has 0 spiro atoms. The molecule has 0 aliphatic heterocycles. The first-order valence-corrected chi connectivity index (χ1v) is 8.28. The van der Waals surface area contributed by atoms with Gasteiger partial charge in [0.25, 0.3) is 0 Å². The van der Waals surface area contributed by atoms with Crippen molar-refractivity contribution in [2.24, 2.45) is 5.92 Å². The topological polar surface area (TPSA) is 27.7 Å². The van der Waals surface area contributed by atoms with Crippen molar-refractivity contribution in [3.8, 4) is 17.2 Å². The molecule has 0 bridgehead atoms. The zero-order chi connectivity index (χ0) is 18.4. The van der Waals surface area contributed by atoms with E-state index >= 15 is 0 Å². The van der Waals surface area contributed by atoms with E-state index < -0.39 is 36.5 Å². The minimum absolute atomic E-state index is 0.149. The molecule has 0 amide bonds. The second kappa shape index (κ2) is 8.58. The van der Waals surface area contributed by atoms with Gasteiger partial charge in [0.15, 0.2) is 11.5 Å². The molecular formula is C17H21F5O3. The number of rotatable bonds is 8. The third-order valence-electron chi connectivity index (χ3n) is 4.06. The lowest BCUT2D eigenvalue weighted by Crippen LogP contribution is -2.20. The highest BCUT2D eigenvalue weighted by Crippen LogP contribution is 2.40. The molecule has 0 radical (unpaired) electrons. The van der Waals surface area contributed by atoms with Crippen molar-refractivity contribution in [3.63, 3.8) is 0 Å². The van der Waals surface area contributed by atoms with E-state index in [1.807, 2.05) is 0 Å². The number of hydrogen-bond donors (Lipinski definition) is 0. The summed E-state index contributed by atoms with van der Waals surface area (Å²) in [7, 11) is 0. The number of alkyl halides is 4. The molecule has 0 heterocycles. The average molecular weight is 368 g/mol. The Labute approximate surface area is 143 Å². The van der Waals surface area contributed by atoms with Crippen molar-refractivity contribution in [2.45, 2.75) is 51.6 Å². The Kier molecular flexibility index (Phi) is 6.72. The molecule has 1 aliphatic carbocycles. The number of hydrogen-bond acceptors (Lipinski definition) is 3. The number of ether oxygens (including phenoxy) is 3. The van der Waals surface area contributed by atoms with Crippen molar-refractivity contribution < 1.29 is 36.2 Å². The summed E-state index contributed by atoms with van der Waals surface area (Å²) < 4.78 is 79.4. The predicted octanol–water partition coefficient (Wildman–Crippen LogP) is 5.42. The second-order valence-corrected chi connectivity index (χ2v) is 6.03. The molecule has 1 fully saturated rings. The summed E-state index contributed by atoms with van der Waals surface area (Å²) in [6.45, 7) is 1.31. The van der Waals surface area contributed by atoms with Gasteiger partial charge < -0.3 is 14.2 Å². The highest BCUT2D eigenvalue weighted by atomic mass is 19.4. The van der Waals surface area contributed by atoms with Gasteiger partial charge >= 0.3 is 6.36 Å². The van der Waals surface area contributed by atoms with E-state index in [2.05, 4.69) is 4.74 Å². The lowest BCUT2D eigenvalue weighted by atomic mass is 10.1. The Morgan fingerprint density at radius 1 is 1.12 bits per heavy atom. The van der Waals surface area contributed by atoms with E-state index in [4.69, 9.17) is 9.47 Å². The maximum Gasteiger partial charge on any atom is 0.573 e. The third kappa shape index (κ3) is 5.93. The van der Waals surface area contributed by atoms with E-state index in [9.17, 15) is 22.0 Å². The Hall–Kier alpha value is -1.73. The molecule has 1 aromatic rings. The molecule has 142 valence electrons. The van der Waals surface area contributed by atoms with Gasteiger partial charge in [-0.3, -0.25) is 0 Å². The molecule has 25 heavy (non-hydrogen) atoms. The van der Waals surface area contributed by atoms with Crippen LogP contribution in [0.2, 0.25) is 0 Å². The van der Waals surface area contributed by atoms with Gasteiger partial charge in [-0.2, -0.15) is 4.39 Å². The van der Waals surface area contributed by atoms with Crippen LogP contribution in [0.15, 0.2) is 12.1 Å². The Balaban J connectivity index is 2.17. The van der Waals surface area contributed by atoms with Gasteiger partial charge in [-0.25, -0.2) is 4.39 Å². The lowest BCUT2D eigenvalue weighted by Gasteiger charge is -2.18. The molecule has 2 rings (SSSR count). The molecule has 1 unspecified atom stereocenters. The minimum Gasteiger partial charge on any atom is -0.489 e. The molecule has 0 aromatic heterocycles. The van der Waals surface area contributed by atoms with Crippen molar-refractivity contribution >= 4 is 0 Å². The number of halogens is 5. The molecule has 8 heteroatoms. The van der Waals surface area contributed by atoms with Crippen LogP contribution >= 0.6 is 0 Å². The van der Waals surface area contributed by atoms with Crippen LogP contribution in [-0.4, -0.2) is 25.7 Å². The van der Waals surface area contributed by atoms with Crippen molar-refractivity contribution in [3.05, 3.63) is 17.9 Å². The highest BCUT2D eigenvalue weighted by molar-refractivity contribution is 5.47. The normalized spacial score (nSPS) is 16.7. The Morgan fingerprint density at radius 2 is 1.76 bits per heavy atom. The Bertz CT molecular complexity index is 556. The summed E-state index contributed by atoms with van der Waals surface area (Å²) in [6.07, 6.45) is -2.34. The Morgan fingerprint density at radius 3 is 2.36 bits per heavy atom. The minimum atomic E-state index is -5.09. The highest BCUT2D eigenvalue weighted by Gasteiger charge is 2.35. The standard InChI is InChI=1S/C17H21F5O3/c1-2-12(18)10-24-13-7-8-14(23-9-11-5-3-4-6-11)16(15(13)19)25-17(20,21)22/h7-8,11-12H,2-6,9-10H2,1H3. The van der Waals surface area contributed by atoms with Gasteiger partial charge in [0, 0.05) is 0 Å². The van der Waals surface area contributed by atoms with Gasteiger partial charge in [-0.15, -0.1) is 13.2 Å². The molecule has 0 N–H and O–H groups in total. The molecular weight excluding hydrogens is 347 g/mol. The van der Waals surface area contributed by atoms with Crippen molar-refractivity contribution in [1.82, 2.24) is 0 Å². The van der Waals surface area contributed by atoms with Crippen LogP contribution < -0.4 is 14.2 Å². The van der Waals surface area contributed by atoms with Crippen molar-refractivity contribution in [1.29, 1.82) is 0 Å². The summed E-state index contributed by atoms with van der Waals surface area (Å²) in [6, 6.07) is 2.26. The van der Waals surface area contributed by atoms with Crippen LogP contribution in [-0.2, 0) is 0 Å². The SMILES string of the molecule is CCC(F)COc1ccc(OCC2CCCC2)c(OC(F)(F)F)c1F. The predicted molar refractivity (Wildman–Crippen MR) is 81.2 cm³/mol. The van der Waals surface area contributed by atoms with Crippen LogP contribution in [0, 0.1) is 11.7 Å². The van der Waals surface area contributed by atoms with E-state index in [0.29, 0.717) is 0 Å². The van der Waals surface area contributed by atoms with Crippen LogP contribution in [0.3, 0.4) is 0 Å². The van der Waals surface area contributed by atoms with Crippen LogP contribution in [0.5, 0.6) is 17.2 Å². The molecule has 1 saturated carbocycles. The fraction of sp³-hybridized carbons (Fsp3) is 0.647. The largest absolute Gasteiger partial charge is 0.573 e. The molecule has 1 aliphatic rings. The van der Waals surface area contributed by atoms with Crippen LogP contribution in [0.1, 0.15) is 39.0 Å². The van der Waals surface area contributed by atoms with Gasteiger partial charge in [0.2, 0.25) is 11.6 Å². The zero-order valence-electron chi connectivity index (χ0n) is 13.9. The van der Waals surface area contributed by atoms with Gasteiger partial charge in [0.05, 0.1) is 6.61 Å². The van der Waals surface area contributed by atoms with E-state index in [1.54, 1.807) is 6.92 Å². The third-order valence-corrected chi connectivity index (χ3v) is 4.06. The molecule has 1 atom stereocenters. The zero-order valence-corrected chi connectivity index (χ0v) is 13.9. The number of benzene rings is 1. The smallest absolute Gasteiger partial charge is 0.489 e. The monoisotopic (exact) mass is 368 g/mol. The summed E-state index contributed by atoms with van der Waals surface area (Å²) in [5.74, 6) is -3.07. The van der Waals surface area contributed by atoms with E-state index in [1.165, 1.54) is 0 Å². The first kappa shape index (κ1) is 19.6. The quantitative estimate of drug-likeness (QED) is 0.574. The molecule has 0 saturated heterocycles. The maximum atomic E-state index is 14.4. The summed E-state index contributed by atoms with van der Waals surface area (Å²) in [5, 5.41) is 0. The van der Waals surface area contributed by atoms with Crippen LogP contribution in [0.4, 0.5) is 22.0 Å². The summed E-state index contributed by atoms with van der Waals surface area (Å²) in [4.78, 5) is 0. The first-order chi connectivity index (χ1) is 11.8. The molecule has 1 aromatic carbocycles. The lowest BCUT2D eigenvalue weighted by molar-refractivity contribution is -0.276. The van der Waals surface area contributed by atoms with E-state index in [-0.39, 0.29) is 24.7 Å². The maximum absolute atomic E-state index is 14.4. The van der Waals surface area contributed by atoms with Crippen molar-refractivity contribution in [2.75, 3.05) is 13.2 Å². The molecule has 3 nitrogen and oxygen atoms in total.